The van der Waals surface area contributed by atoms with Gasteiger partial charge in [0.25, 0.3) is 0 Å². The van der Waals surface area contributed by atoms with Crippen LogP contribution in [0.2, 0.25) is 0 Å². The lowest BCUT2D eigenvalue weighted by molar-refractivity contribution is 0.418. The minimum atomic E-state index is 0.549. The summed E-state index contributed by atoms with van der Waals surface area (Å²) in [5, 5.41) is 0. The van der Waals surface area contributed by atoms with Crippen LogP contribution in [-0.2, 0) is 0 Å². The van der Waals surface area contributed by atoms with E-state index in [9.17, 15) is 0 Å². The van der Waals surface area contributed by atoms with Crippen molar-refractivity contribution in [2.45, 2.75) is 19.9 Å². The highest BCUT2D eigenvalue weighted by atomic mass is 15.1. The molecule has 0 aromatic carbocycles. The third-order valence-corrected chi connectivity index (χ3v) is 1.45. The maximum atomic E-state index is 2.17. The van der Waals surface area contributed by atoms with Gasteiger partial charge >= 0.3 is 0 Å². The lowest BCUT2D eigenvalue weighted by atomic mass is 10.3. The summed E-state index contributed by atoms with van der Waals surface area (Å²) in [7, 11) is 0. The Balaban J connectivity index is 2.63. The van der Waals surface area contributed by atoms with Crippen LogP contribution in [-0.4, -0.2) is 10.9 Å². The Hall–Kier alpha value is -0.980. The molecule has 1 heterocycles. The second-order valence-corrected chi connectivity index (χ2v) is 2.61. The zero-order valence-electron chi connectivity index (χ0n) is 6.49. The van der Waals surface area contributed by atoms with Crippen LogP contribution in [0.5, 0.6) is 0 Å². The topological polar surface area (TPSA) is 3.24 Å². The predicted molar refractivity (Wildman–Crippen MR) is 44.4 cm³/mol. The molecule has 0 aromatic rings. The summed E-state index contributed by atoms with van der Waals surface area (Å²) < 4.78 is 0. The van der Waals surface area contributed by atoms with E-state index in [0.717, 1.165) is 0 Å². The van der Waals surface area contributed by atoms with Crippen molar-refractivity contribution >= 4 is 0 Å². The molecule has 0 amide bonds. The average molecular weight is 135 g/mol. The molecule has 1 rings (SSSR count). The van der Waals surface area contributed by atoms with E-state index in [-0.39, 0.29) is 0 Å². The van der Waals surface area contributed by atoms with Crippen molar-refractivity contribution in [3.8, 4) is 0 Å². The molecule has 0 atom stereocenters. The average Bonchev–Trinajstić information content (AvgIpc) is 2.12. The lowest BCUT2D eigenvalue weighted by Gasteiger charge is -2.18. The fraction of sp³-hybridized carbons (Fsp3) is 0.333. The number of allylic oxidation sites excluding steroid dienone is 4. The zero-order chi connectivity index (χ0) is 7.40. The summed E-state index contributed by atoms with van der Waals surface area (Å²) in [6, 6.07) is 0.549. The summed E-state index contributed by atoms with van der Waals surface area (Å²) in [6.07, 6.45) is 12.3. The van der Waals surface area contributed by atoms with Gasteiger partial charge in [-0.2, -0.15) is 0 Å². The van der Waals surface area contributed by atoms with E-state index in [2.05, 4.69) is 31.1 Å². The molecule has 54 valence electrons. The van der Waals surface area contributed by atoms with Gasteiger partial charge in [0.1, 0.15) is 0 Å². The summed E-state index contributed by atoms with van der Waals surface area (Å²) in [6.45, 7) is 4.33. The fourth-order valence-corrected chi connectivity index (χ4v) is 0.820. The van der Waals surface area contributed by atoms with Crippen LogP contribution < -0.4 is 0 Å². The van der Waals surface area contributed by atoms with Crippen molar-refractivity contribution < 1.29 is 0 Å². The molecular formula is C9H13N. The molecule has 0 aliphatic carbocycles. The molecule has 0 unspecified atom stereocenters. The summed E-state index contributed by atoms with van der Waals surface area (Å²) >= 11 is 0. The molecule has 0 aromatic heterocycles. The van der Waals surface area contributed by atoms with E-state index in [1.54, 1.807) is 0 Å². The first-order chi connectivity index (χ1) is 4.80. The van der Waals surface area contributed by atoms with E-state index in [1.165, 1.54) is 0 Å². The SMILES string of the molecule is CC(C)N1C=CC=CC=C1. The Kier molecular flexibility index (Phi) is 2.32. The first-order valence-electron chi connectivity index (χ1n) is 3.60. The molecule has 0 bridgehead atoms. The second-order valence-electron chi connectivity index (χ2n) is 2.61. The maximum absolute atomic E-state index is 2.17. The Morgan fingerprint density at radius 1 is 0.900 bits per heavy atom. The third kappa shape index (κ3) is 1.76. The van der Waals surface area contributed by atoms with Gasteiger partial charge < -0.3 is 4.90 Å². The van der Waals surface area contributed by atoms with Gasteiger partial charge in [-0.3, -0.25) is 0 Å². The smallest absolute Gasteiger partial charge is 0.0274 e. The van der Waals surface area contributed by atoms with Gasteiger partial charge in [-0.25, -0.2) is 0 Å². The zero-order valence-corrected chi connectivity index (χ0v) is 6.49. The van der Waals surface area contributed by atoms with Crippen molar-refractivity contribution in [3.05, 3.63) is 36.7 Å². The number of hydrogen-bond donors (Lipinski definition) is 0. The van der Waals surface area contributed by atoms with Crippen molar-refractivity contribution in [2.24, 2.45) is 0 Å². The number of rotatable bonds is 1. The molecule has 0 saturated carbocycles. The first kappa shape index (κ1) is 7.13. The molecule has 1 aliphatic heterocycles. The monoisotopic (exact) mass is 135 g/mol. The minimum Gasteiger partial charge on any atom is -0.352 e. The van der Waals surface area contributed by atoms with E-state index in [0.29, 0.717) is 6.04 Å². The van der Waals surface area contributed by atoms with Crippen LogP contribution in [0.1, 0.15) is 13.8 Å². The molecule has 0 saturated heterocycles. The van der Waals surface area contributed by atoms with E-state index < -0.39 is 0 Å². The molecule has 10 heavy (non-hydrogen) atoms. The Labute approximate surface area is 62.3 Å². The molecule has 1 nitrogen and oxygen atoms in total. The highest BCUT2D eigenvalue weighted by Crippen LogP contribution is 2.02. The highest BCUT2D eigenvalue weighted by molar-refractivity contribution is 5.15. The van der Waals surface area contributed by atoms with Crippen LogP contribution in [0.25, 0.3) is 0 Å². The standard InChI is InChI=1S/C9H13N/c1-9(2)10-7-5-3-4-6-8-10/h3-9H,1-2H3. The summed E-state index contributed by atoms with van der Waals surface area (Å²) in [4.78, 5) is 2.17. The maximum Gasteiger partial charge on any atom is 0.0274 e. The fourth-order valence-electron chi connectivity index (χ4n) is 0.820. The molecule has 0 N–H and O–H groups in total. The predicted octanol–water partition coefficient (Wildman–Crippen LogP) is 2.29. The number of nitrogens with zero attached hydrogens (tertiary/aromatic N) is 1. The summed E-state index contributed by atoms with van der Waals surface area (Å²) in [5.74, 6) is 0. The van der Waals surface area contributed by atoms with Gasteiger partial charge in [-0.05, 0) is 26.0 Å². The molecule has 1 aliphatic rings. The number of hydrogen-bond acceptors (Lipinski definition) is 1. The van der Waals surface area contributed by atoms with E-state index in [4.69, 9.17) is 0 Å². The molecule has 0 fully saturated rings. The Morgan fingerprint density at radius 3 is 1.80 bits per heavy atom. The van der Waals surface area contributed by atoms with Gasteiger partial charge in [-0.15, -0.1) is 0 Å². The van der Waals surface area contributed by atoms with Gasteiger partial charge in [-0.1, -0.05) is 12.2 Å². The normalized spacial score (nSPS) is 16.5. The molecule has 0 radical (unpaired) electrons. The van der Waals surface area contributed by atoms with Crippen LogP contribution >= 0.6 is 0 Å². The van der Waals surface area contributed by atoms with Gasteiger partial charge in [0.2, 0.25) is 0 Å². The van der Waals surface area contributed by atoms with Crippen molar-refractivity contribution in [1.82, 2.24) is 4.90 Å². The molecule has 0 spiro atoms. The Morgan fingerprint density at radius 2 is 1.40 bits per heavy atom. The van der Waals surface area contributed by atoms with Crippen LogP contribution in [0, 0.1) is 0 Å². The molecule has 1 heteroatoms. The van der Waals surface area contributed by atoms with Crippen LogP contribution in [0.4, 0.5) is 0 Å². The van der Waals surface area contributed by atoms with Crippen LogP contribution in [0.3, 0.4) is 0 Å². The highest BCUT2D eigenvalue weighted by Gasteiger charge is 1.98. The first-order valence-corrected chi connectivity index (χ1v) is 3.60. The Bertz CT molecular complexity index is 159. The van der Waals surface area contributed by atoms with Crippen LogP contribution in [0.15, 0.2) is 36.7 Å². The quantitative estimate of drug-likeness (QED) is 0.533. The van der Waals surface area contributed by atoms with E-state index in [1.807, 2.05) is 24.3 Å². The molecular weight excluding hydrogens is 122 g/mol. The van der Waals surface area contributed by atoms with E-state index >= 15 is 0 Å². The third-order valence-electron chi connectivity index (χ3n) is 1.45. The lowest BCUT2D eigenvalue weighted by Crippen LogP contribution is -2.18. The van der Waals surface area contributed by atoms with Gasteiger partial charge in [0, 0.05) is 18.4 Å². The van der Waals surface area contributed by atoms with Gasteiger partial charge in [0.05, 0.1) is 0 Å². The van der Waals surface area contributed by atoms with Crippen molar-refractivity contribution in [2.75, 3.05) is 0 Å². The van der Waals surface area contributed by atoms with Crippen molar-refractivity contribution in [3.63, 3.8) is 0 Å². The van der Waals surface area contributed by atoms with Crippen molar-refractivity contribution in [1.29, 1.82) is 0 Å². The minimum absolute atomic E-state index is 0.549. The second kappa shape index (κ2) is 3.25. The van der Waals surface area contributed by atoms with Gasteiger partial charge in [0.15, 0.2) is 0 Å². The largest absolute Gasteiger partial charge is 0.352 e. The summed E-state index contributed by atoms with van der Waals surface area (Å²) in [5.41, 5.74) is 0.